The van der Waals surface area contributed by atoms with E-state index in [4.69, 9.17) is 0 Å². The van der Waals surface area contributed by atoms with Crippen LogP contribution in [0.1, 0.15) is 11.1 Å². The Balaban J connectivity index is 0.000000845. The topological polar surface area (TPSA) is 32.3 Å². The predicted octanol–water partition coefficient (Wildman–Crippen LogP) is 1.75. The van der Waals surface area contributed by atoms with Gasteiger partial charge in [0.2, 0.25) is 0 Å². The van der Waals surface area contributed by atoms with Crippen LogP contribution in [0.4, 0.5) is 5.69 Å². The maximum absolute atomic E-state index is 9.36. The summed E-state index contributed by atoms with van der Waals surface area (Å²) in [5.41, 5.74) is 3.66. The third-order valence-corrected chi connectivity index (χ3v) is 2.25. The number of aliphatic hydroxyl groups excluding tert-OH is 1. The molecule has 0 aromatic heterocycles. The molecule has 0 aliphatic carbocycles. The van der Waals surface area contributed by atoms with Crippen molar-refractivity contribution >= 4 is 18.1 Å². The van der Waals surface area contributed by atoms with Gasteiger partial charge < -0.3 is 10.4 Å². The number of halogens is 1. The molecule has 1 aliphatic heterocycles. The van der Waals surface area contributed by atoms with Crippen LogP contribution in [0.3, 0.4) is 0 Å². The first-order chi connectivity index (χ1) is 5.75. The lowest BCUT2D eigenvalue weighted by atomic mass is 10.00. The molecule has 0 bridgehead atoms. The van der Waals surface area contributed by atoms with Crippen LogP contribution in [0.2, 0.25) is 0 Å². The Morgan fingerprint density at radius 1 is 1.46 bits per heavy atom. The molecular weight excluding hydrogens is 186 g/mol. The molecular formula is C10H14ClNO. The van der Waals surface area contributed by atoms with Crippen molar-refractivity contribution in [2.24, 2.45) is 0 Å². The molecule has 72 valence electrons. The van der Waals surface area contributed by atoms with Gasteiger partial charge in [0.1, 0.15) is 0 Å². The molecule has 0 saturated carbocycles. The van der Waals surface area contributed by atoms with Gasteiger partial charge in [0, 0.05) is 18.7 Å². The Morgan fingerprint density at radius 3 is 3.00 bits per heavy atom. The standard InChI is InChI=1S/C10H13NO.ClH/c1-7-2-3-8-5-9(12)6-11-10(8)4-7;/h2-4,9,11-12H,5-6H2,1H3;1H. The molecule has 0 saturated heterocycles. The SMILES string of the molecule is Cc1ccc2c(c1)NCC(O)C2.Cl. The molecule has 13 heavy (non-hydrogen) atoms. The van der Waals surface area contributed by atoms with E-state index in [1.54, 1.807) is 0 Å². The maximum atomic E-state index is 9.36. The van der Waals surface area contributed by atoms with Gasteiger partial charge in [0.25, 0.3) is 0 Å². The lowest BCUT2D eigenvalue weighted by Gasteiger charge is -2.22. The fraction of sp³-hybridized carbons (Fsp3) is 0.400. The fourth-order valence-electron chi connectivity index (χ4n) is 1.59. The highest BCUT2D eigenvalue weighted by molar-refractivity contribution is 5.85. The Bertz CT molecular complexity index is 301. The fourth-order valence-corrected chi connectivity index (χ4v) is 1.59. The van der Waals surface area contributed by atoms with E-state index in [0.29, 0.717) is 6.54 Å². The lowest BCUT2D eigenvalue weighted by Crippen LogP contribution is -2.27. The summed E-state index contributed by atoms with van der Waals surface area (Å²) in [6.45, 7) is 2.75. The van der Waals surface area contributed by atoms with Crippen LogP contribution in [0.25, 0.3) is 0 Å². The number of hydrogen-bond donors (Lipinski definition) is 2. The predicted molar refractivity (Wildman–Crippen MR) is 56.6 cm³/mol. The smallest absolute Gasteiger partial charge is 0.0753 e. The molecule has 2 nitrogen and oxygen atoms in total. The van der Waals surface area contributed by atoms with E-state index in [2.05, 4.69) is 30.4 Å². The third kappa shape index (κ3) is 2.14. The van der Waals surface area contributed by atoms with Crippen molar-refractivity contribution in [2.75, 3.05) is 11.9 Å². The molecule has 2 rings (SSSR count). The number of aliphatic hydroxyl groups is 1. The summed E-state index contributed by atoms with van der Waals surface area (Å²) in [7, 11) is 0. The highest BCUT2D eigenvalue weighted by atomic mass is 35.5. The Labute approximate surface area is 84.4 Å². The maximum Gasteiger partial charge on any atom is 0.0753 e. The van der Waals surface area contributed by atoms with Gasteiger partial charge >= 0.3 is 0 Å². The van der Waals surface area contributed by atoms with Crippen LogP contribution >= 0.6 is 12.4 Å². The number of β-amino-alcohol motifs (C(OH)–C–C–N with tert-alkyl or cyclic N) is 1. The second-order valence-corrected chi connectivity index (χ2v) is 3.40. The van der Waals surface area contributed by atoms with Gasteiger partial charge in [-0.2, -0.15) is 0 Å². The molecule has 1 aliphatic rings. The minimum absolute atomic E-state index is 0. The number of rotatable bonds is 0. The van der Waals surface area contributed by atoms with E-state index in [-0.39, 0.29) is 18.5 Å². The van der Waals surface area contributed by atoms with E-state index in [0.717, 1.165) is 6.42 Å². The normalized spacial score (nSPS) is 19.7. The molecule has 0 amide bonds. The summed E-state index contributed by atoms with van der Waals surface area (Å²) in [5.74, 6) is 0. The quantitative estimate of drug-likeness (QED) is 0.667. The first kappa shape index (κ1) is 10.4. The molecule has 2 N–H and O–H groups in total. The number of aryl methyl sites for hydroxylation is 1. The summed E-state index contributed by atoms with van der Waals surface area (Å²) < 4.78 is 0. The molecule has 0 fully saturated rings. The molecule has 1 atom stereocenters. The minimum Gasteiger partial charge on any atom is -0.391 e. The zero-order valence-electron chi connectivity index (χ0n) is 7.58. The number of nitrogens with one attached hydrogen (secondary N) is 1. The average Bonchev–Trinajstić information content (AvgIpc) is 2.05. The summed E-state index contributed by atoms with van der Waals surface area (Å²) in [5, 5.41) is 12.6. The molecule has 0 radical (unpaired) electrons. The van der Waals surface area contributed by atoms with Crippen LogP contribution in [0.5, 0.6) is 0 Å². The largest absolute Gasteiger partial charge is 0.391 e. The van der Waals surface area contributed by atoms with Crippen molar-refractivity contribution in [1.82, 2.24) is 0 Å². The van der Waals surface area contributed by atoms with Crippen molar-refractivity contribution in [1.29, 1.82) is 0 Å². The molecule has 3 heteroatoms. The molecule has 1 aromatic rings. The lowest BCUT2D eigenvalue weighted by molar-refractivity contribution is 0.184. The summed E-state index contributed by atoms with van der Waals surface area (Å²) in [6, 6.07) is 6.29. The Kier molecular flexibility index (Phi) is 3.17. The van der Waals surface area contributed by atoms with Crippen LogP contribution < -0.4 is 5.32 Å². The summed E-state index contributed by atoms with van der Waals surface area (Å²) in [4.78, 5) is 0. The third-order valence-electron chi connectivity index (χ3n) is 2.25. The van der Waals surface area contributed by atoms with Crippen LogP contribution in [0.15, 0.2) is 18.2 Å². The van der Waals surface area contributed by atoms with E-state index in [1.807, 2.05) is 0 Å². The van der Waals surface area contributed by atoms with Crippen LogP contribution in [-0.2, 0) is 6.42 Å². The number of benzene rings is 1. The first-order valence-electron chi connectivity index (χ1n) is 4.27. The molecule has 0 spiro atoms. The van der Waals surface area contributed by atoms with Crippen molar-refractivity contribution in [3.05, 3.63) is 29.3 Å². The number of fused-ring (bicyclic) bond motifs is 1. The minimum atomic E-state index is -0.222. The monoisotopic (exact) mass is 199 g/mol. The summed E-state index contributed by atoms with van der Waals surface area (Å²) in [6.07, 6.45) is 0.558. The Morgan fingerprint density at radius 2 is 2.23 bits per heavy atom. The number of hydrogen-bond acceptors (Lipinski definition) is 2. The Hall–Kier alpha value is -0.730. The van der Waals surface area contributed by atoms with Gasteiger partial charge in [-0.3, -0.25) is 0 Å². The van der Waals surface area contributed by atoms with Crippen molar-refractivity contribution in [2.45, 2.75) is 19.4 Å². The molecule has 1 unspecified atom stereocenters. The number of anilines is 1. The summed E-state index contributed by atoms with van der Waals surface area (Å²) >= 11 is 0. The second-order valence-electron chi connectivity index (χ2n) is 3.40. The average molecular weight is 200 g/mol. The van der Waals surface area contributed by atoms with Gasteiger partial charge in [0.15, 0.2) is 0 Å². The van der Waals surface area contributed by atoms with Crippen molar-refractivity contribution in [3.63, 3.8) is 0 Å². The molecule has 1 heterocycles. The van der Waals surface area contributed by atoms with Crippen molar-refractivity contribution in [3.8, 4) is 0 Å². The zero-order chi connectivity index (χ0) is 8.55. The van der Waals surface area contributed by atoms with Gasteiger partial charge in [-0.25, -0.2) is 0 Å². The van der Waals surface area contributed by atoms with E-state index in [9.17, 15) is 5.11 Å². The van der Waals surface area contributed by atoms with E-state index >= 15 is 0 Å². The molecule has 1 aromatic carbocycles. The van der Waals surface area contributed by atoms with Gasteiger partial charge in [-0.15, -0.1) is 12.4 Å². The van der Waals surface area contributed by atoms with E-state index < -0.39 is 0 Å². The van der Waals surface area contributed by atoms with Gasteiger partial charge in [0.05, 0.1) is 6.10 Å². The highest BCUT2D eigenvalue weighted by Crippen LogP contribution is 2.22. The van der Waals surface area contributed by atoms with Gasteiger partial charge in [-0.1, -0.05) is 12.1 Å². The van der Waals surface area contributed by atoms with Gasteiger partial charge in [-0.05, 0) is 24.1 Å². The van der Waals surface area contributed by atoms with E-state index in [1.165, 1.54) is 16.8 Å². The van der Waals surface area contributed by atoms with Crippen LogP contribution in [-0.4, -0.2) is 17.8 Å². The second kappa shape index (κ2) is 3.99. The first-order valence-corrected chi connectivity index (χ1v) is 4.27. The van der Waals surface area contributed by atoms with Crippen LogP contribution in [0, 0.1) is 6.92 Å². The highest BCUT2D eigenvalue weighted by Gasteiger charge is 2.14. The van der Waals surface area contributed by atoms with Crippen molar-refractivity contribution < 1.29 is 5.11 Å². The zero-order valence-corrected chi connectivity index (χ0v) is 8.40.